The third-order valence-electron chi connectivity index (χ3n) is 1.04. The van der Waals surface area contributed by atoms with Gasteiger partial charge in [0.2, 0.25) is 0 Å². The van der Waals surface area contributed by atoms with E-state index in [-0.39, 0.29) is 5.84 Å². The summed E-state index contributed by atoms with van der Waals surface area (Å²) < 4.78 is 0. The van der Waals surface area contributed by atoms with E-state index in [1.165, 1.54) is 0 Å². The lowest BCUT2D eigenvalue weighted by Crippen LogP contribution is -2.20. The zero-order valence-electron chi connectivity index (χ0n) is 5.63. The maximum Gasteiger partial charge on any atom is 0.194 e. The predicted molar refractivity (Wildman–Crippen MR) is 37.9 cm³/mol. The molecule has 0 amide bonds. The number of amidine groups is 1. The molecule has 4 nitrogen and oxygen atoms in total. The van der Waals surface area contributed by atoms with Crippen LogP contribution in [0.2, 0.25) is 0 Å². The van der Waals surface area contributed by atoms with Gasteiger partial charge >= 0.3 is 0 Å². The van der Waals surface area contributed by atoms with Crippen LogP contribution in [-0.2, 0) is 0 Å². The Morgan fingerprint density at radius 2 is 2.10 bits per heavy atom. The highest BCUT2D eigenvalue weighted by molar-refractivity contribution is 5.92. The first kappa shape index (κ1) is 6.67. The Labute approximate surface area is 58.8 Å². The normalized spacial score (nSPS) is 8.90. The molecule has 1 rings (SSSR count). The molecule has 2 N–H and O–H groups in total. The van der Waals surface area contributed by atoms with Gasteiger partial charge in [-0.05, 0) is 6.07 Å². The summed E-state index contributed by atoms with van der Waals surface area (Å²) in [5, 5.41) is 9.88. The summed E-state index contributed by atoms with van der Waals surface area (Å²) in [4.78, 5) is 7.70. The van der Waals surface area contributed by atoms with Crippen LogP contribution in [0, 0.1) is 5.41 Å². The molecule has 0 aliphatic heterocycles. The third kappa shape index (κ3) is 1.28. The van der Waals surface area contributed by atoms with Crippen LogP contribution in [0.25, 0.3) is 0 Å². The minimum atomic E-state index is 0.237. The molecule has 0 aliphatic rings. The molecular formula is C6H8N4. The minimum absolute atomic E-state index is 0.237. The van der Waals surface area contributed by atoms with E-state index in [2.05, 4.69) is 15.3 Å². The first-order valence-electron chi connectivity index (χ1n) is 2.88. The van der Waals surface area contributed by atoms with E-state index in [0.29, 0.717) is 5.82 Å². The van der Waals surface area contributed by atoms with Gasteiger partial charge in [-0.2, -0.15) is 0 Å². The van der Waals surface area contributed by atoms with Crippen molar-refractivity contribution in [3.8, 4) is 0 Å². The van der Waals surface area contributed by atoms with Gasteiger partial charge in [-0.1, -0.05) is 0 Å². The highest BCUT2D eigenvalue weighted by Crippen LogP contribution is 1.84. The van der Waals surface area contributed by atoms with Crippen molar-refractivity contribution in [1.29, 1.82) is 5.41 Å². The van der Waals surface area contributed by atoms with E-state index in [1.807, 2.05) is 0 Å². The molecule has 0 unspecified atom stereocenters. The Morgan fingerprint density at radius 3 is 2.60 bits per heavy atom. The molecule has 0 saturated heterocycles. The molecule has 1 aromatic heterocycles. The van der Waals surface area contributed by atoms with E-state index < -0.39 is 0 Å². The zero-order chi connectivity index (χ0) is 7.40. The molecule has 0 aromatic carbocycles. The second-order valence-corrected chi connectivity index (χ2v) is 1.70. The Balaban J connectivity index is 2.85. The number of hydrogen-bond acceptors (Lipinski definition) is 3. The van der Waals surface area contributed by atoms with Crippen LogP contribution in [0.5, 0.6) is 0 Å². The summed E-state index contributed by atoms with van der Waals surface area (Å²) >= 11 is 0. The first-order valence-corrected chi connectivity index (χ1v) is 2.88. The molecule has 0 atom stereocenters. The summed E-state index contributed by atoms with van der Waals surface area (Å²) in [6, 6.07) is 1.71. The van der Waals surface area contributed by atoms with Gasteiger partial charge in [0.1, 0.15) is 0 Å². The van der Waals surface area contributed by atoms with E-state index in [0.717, 1.165) is 0 Å². The van der Waals surface area contributed by atoms with Crippen LogP contribution in [-0.4, -0.2) is 22.9 Å². The Bertz CT molecular complexity index is 218. The van der Waals surface area contributed by atoms with Crippen molar-refractivity contribution in [3.63, 3.8) is 0 Å². The van der Waals surface area contributed by atoms with E-state index in [1.54, 1.807) is 25.5 Å². The second kappa shape index (κ2) is 2.91. The fraction of sp³-hybridized carbons (Fsp3) is 0.167. The van der Waals surface area contributed by atoms with Crippen LogP contribution in [0.1, 0.15) is 5.82 Å². The highest BCUT2D eigenvalue weighted by Gasteiger charge is 1.97. The van der Waals surface area contributed by atoms with Crippen molar-refractivity contribution < 1.29 is 0 Å². The van der Waals surface area contributed by atoms with Crippen molar-refractivity contribution in [3.05, 3.63) is 24.3 Å². The molecular weight excluding hydrogens is 128 g/mol. The maximum absolute atomic E-state index is 7.24. The molecule has 0 fully saturated rings. The lowest BCUT2D eigenvalue weighted by Gasteiger charge is -1.97. The average molecular weight is 136 g/mol. The zero-order valence-corrected chi connectivity index (χ0v) is 5.63. The van der Waals surface area contributed by atoms with Gasteiger partial charge in [-0.15, -0.1) is 0 Å². The van der Waals surface area contributed by atoms with Gasteiger partial charge in [0.25, 0.3) is 0 Å². The summed E-state index contributed by atoms with van der Waals surface area (Å²) in [5.74, 6) is 0.658. The van der Waals surface area contributed by atoms with Crippen molar-refractivity contribution in [2.45, 2.75) is 0 Å². The van der Waals surface area contributed by atoms with Crippen LogP contribution >= 0.6 is 0 Å². The van der Waals surface area contributed by atoms with E-state index >= 15 is 0 Å². The van der Waals surface area contributed by atoms with Gasteiger partial charge < -0.3 is 5.32 Å². The Hall–Kier alpha value is -1.45. The number of aromatic nitrogens is 2. The fourth-order valence-corrected chi connectivity index (χ4v) is 0.540. The van der Waals surface area contributed by atoms with Crippen molar-refractivity contribution in [2.75, 3.05) is 7.05 Å². The minimum Gasteiger partial charge on any atom is -0.370 e. The molecule has 0 bridgehead atoms. The molecule has 0 spiro atoms. The second-order valence-electron chi connectivity index (χ2n) is 1.70. The first-order chi connectivity index (χ1) is 4.84. The molecule has 1 heterocycles. The lowest BCUT2D eigenvalue weighted by atomic mass is 10.5. The van der Waals surface area contributed by atoms with Gasteiger partial charge in [-0.3, -0.25) is 5.41 Å². The quantitative estimate of drug-likeness (QED) is 0.422. The summed E-state index contributed by atoms with van der Waals surface area (Å²) in [6.45, 7) is 0. The van der Waals surface area contributed by atoms with Crippen molar-refractivity contribution in [2.24, 2.45) is 0 Å². The van der Waals surface area contributed by atoms with Gasteiger partial charge in [-0.25, -0.2) is 9.97 Å². The van der Waals surface area contributed by atoms with Gasteiger partial charge in [0.15, 0.2) is 11.7 Å². The van der Waals surface area contributed by atoms with E-state index in [9.17, 15) is 0 Å². The van der Waals surface area contributed by atoms with Gasteiger partial charge in [0.05, 0.1) is 0 Å². The van der Waals surface area contributed by atoms with Crippen LogP contribution < -0.4 is 5.32 Å². The molecule has 4 heteroatoms. The molecule has 0 saturated carbocycles. The summed E-state index contributed by atoms with van der Waals surface area (Å²) in [5.41, 5.74) is 0. The molecule has 0 radical (unpaired) electrons. The SMILES string of the molecule is CNC(=N)c1ncccn1. The monoisotopic (exact) mass is 136 g/mol. The highest BCUT2D eigenvalue weighted by atomic mass is 15.0. The number of hydrogen-bond donors (Lipinski definition) is 2. The van der Waals surface area contributed by atoms with Gasteiger partial charge in [0, 0.05) is 19.4 Å². The Kier molecular flexibility index (Phi) is 1.94. The molecule has 10 heavy (non-hydrogen) atoms. The predicted octanol–water partition coefficient (Wildman–Crippen LogP) is 0.0214. The third-order valence-corrected chi connectivity index (χ3v) is 1.04. The average Bonchev–Trinajstić information content (AvgIpc) is 2.05. The molecule has 52 valence electrons. The van der Waals surface area contributed by atoms with E-state index in [4.69, 9.17) is 5.41 Å². The summed E-state index contributed by atoms with van der Waals surface area (Å²) in [7, 11) is 1.67. The number of rotatable bonds is 1. The standard InChI is InChI=1S/C6H8N4/c1-8-5(7)6-9-3-2-4-10-6/h2-4H,1H3,(H2,7,8). The van der Waals surface area contributed by atoms with Crippen molar-refractivity contribution in [1.82, 2.24) is 15.3 Å². The van der Waals surface area contributed by atoms with Crippen molar-refractivity contribution >= 4 is 5.84 Å². The maximum atomic E-state index is 7.24. The number of nitrogens with one attached hydrogen (secondary N) is 2. The molecule has 0 aliphatic carbocycles. The lowest BCUT2D eigenvalue weighted by molar-refractivity contribution is 1.05. The number of nitrogens with zero attached hydrogens (tertiary/aromatic N) is 2. The topological polar surface area (TPSA) is 61.7 Å². The van der Waals surface area contributed by atoms with Crippen LogP contribution in [0.4, 0.5) is 0 Å². The van der Waals surface area contributed by atoms with Crippen LogP contribution in [0.15, 0.2) is 18.5 Å². The van der Waals surface area contributed by atoms with Crippen LogP contribution in [0.3, 0.4) is 0 Å². The smallest absolute Gasteiger partial charge is 0.194 e. The summed E-state index contributed by atoms with van der Waals surface area (Å²) in [6.07, 6.45) is 3.21. The Morgan fingerprint density at radius 1 is 1.50 bits per heavy atom. The fourth-order valence-electron chi connectivity index (χ4n) is 0.540. The molecule has 1 aromatic rings. The largest absolute Gasteiger partial charge is 0.370 e.